The molecule has 0 aliphatic heterocycles. The van der Waals surface area contributed by atoms with Crippen molar-refractivity contribution in [1.29, 1.82) is 0 Å². The number of hydrogen-bond acceptors (Lipinski definition) is 3. The molecule has 3 aromatic rings. The fraction of sp³-hybridized carbons (Fsp3) is 0.486. The molecular weight excluding hydrogens is 536 g/mol. The Morgan fingerprint density at radius 2 is 1.36 bits per heavy atom. The second kappa shape index (κ2) is 12.0. The van der Waals surface area contributed by atoms with Crippen LogP contribution in [0.2, 0.25) is 18.1 Å². The highest BCUT2D eigenvalue weighted by Crippen LogP contribution is 2.47. The van der Waals surface area contributed by atoms with E-state index in [1.807, 2.05) is 12.1 Å². The van der Waals surface area contributed by atoms with Crippen LogP contribution in [0, 0.1) is 0 Å². The Labute approximate surface area is 254 Å². The predicted octanol–water partition coefficient (Wildman–Crippen LogP) is 10.2. The molecule has 0 amide bonds. The van der Waals surface area contributed by atoms with Gasteiger partial charge in [-0.05, 0) is 107 Å². The topological polar surface area (TPSA) is 55.8 Å². The lowest BCUT2D eigenvalue weighted by molar-refractivity contribution is 0.0697. The average molecular weight is 587 g/mol. The van der Waals surface area contributed by atoms with Gasteiger partial charge in [0.1, 0.15) is 5.75 Å². The fourth-order valence-corrected chi connectivity index (χ4v) is 6.64. The van der Waals surface area contributed by atoms with Gasteiger partial charge in [-0.2, -0.15) is 0 Å². The summed E-state index contributed by atoms with van der Waals surface area (Å²) in [5.41, 5.74) is 7.64. The molecule has 0 heterocycles. The number of rotatable bonds is 10. The van der Waals surface area contributed by atoms with Crippen LogP contribution in [0.25, 0.3) is 22.3 Å². The lowest BCUT2D eigenvalue weighted by Gasteiger charge is -2.42. The number of hydrogen-bond donors (Lipinski definition) is 1. The van der Waals surface area contributed by atoms with Crippen molar-refractivity contribution >= 4 is 14.3 Å². The van der Waals surface area contributed by atoms with E-state index in [-0.39, 0.29) is 21.4 Å². The summed E-state index contributed by atoms with van der Waals surface area (Å²) < 4.78 is 12.8. The molecule has 1 aliphatic rings. The van der Waals surface area contributed by atoms with Gasteiger partial charge in [0.25, 0.3) is 0 Å². The number of aromatic carboxylic acids is 1. The molecule has 4 rings (SSSR count). The van der Waals surface area contributed by atoms with Gasteiger partial charge in [-0.3, -0.25) is 0 Å². The number of fused-ring (bicyclic) bond motifs is 1. The normalized spacial score (nSPS) is 16.1. The molecule has 0 fully saturated rings. The molecule has 0 saturated carbocycles. The fourth-order valence-electron chi connectivity index (χ4n) is 5.55. The third-order valence-electron chi connectivity index (χ3n) is 9.67. The van der Waals surface area contributed by atoms with Crippen LogP contribution < -0.4 is 4.74 Å². The Kier molecular flexibility index (Phi) is 9.16. The molecule has 0 atom stereocenters. The van der Waals surface area contributed by atoms with Crippen LogP contribution in [0.1, 0.15) is 95.6 Å². The third kappa shape index (κ3) is 7.00. The quantitative estimate of drug-likeness (QED) is 0.190. The molecule has 4 nitrogen and oxygen atoms in total. The summed E-state index contributed by atoms with van der Waals surface area (Å²) in [6, 6.07) is 20.4. The first kappa shape index (κ1) is 32.0. The monoisotopic (exact) mass is 586 g/mol. The van der Waals surface area contributed by atoms with E-state index in [9.17, 15) is 9.90 Å². The molecule has 1 aliphatic carbocycles. The number of benzene rings is 3. The maximum atomic E-state index is 11.4. The van der Waals surface area contributed by atoms with Crippen LogP contribution in [0.4, 0.5) is 0 Å². The standard InChI is InChI=1S/C37H50O4Si/c1-35(2,3)42(8,9)41-23-11-10-22-40-33-19-17-28(26-12-14-27(15-13-26)34(38)39)24-30(33)29-16-18-31-32(25-29)37(6,7)21-20-36(31,4)5/h12-19,24-25H,10-11,20-23H2,1-9H3,(H,38,39). The van der Waals surface area contributed by atoms with Crippen molar-refractivity contribution in [2.24, 2.45) is 0 Å². The highest BCUT2D eigenvalue weighted by atomic mass is 28.4. The number of carbonyl (C=O) groups is 1. The Morgan fingerprint density at radius 1 is 0.786 bits per heavy atom. The molecular formula is C37H50O4Si. The highest BCUT2D eigenvalue weighted by molar-refractivity contribution is 6.74. The van der Waals surface area contributed by atoms with Crippen LogP contribution in [0.3, 0.4) is 0 Å². The van der Waals surface area contributed by atoms with Crippen molar-refractivity contribution < 1.29 is 19.1 Å². The summed E-state index contributed by atoms with van der Waals surface area (Å²) in [6.07, 6.45) is 4.24. The van der Waals surface area contributed by atoms with Crippen LogP contribution in [0.15, 0.2) is 60.7 Å². The maximum Gasteiger partial charge on any atom is 0.335 e. The summed E-state index contributed by atoms with van der Waals surface area (Å²) in [6.45, 7) is 22.2. The van der Waals surface area contributed by atoms with Crippen LogP contribution in [0.5, 0.6) is 5.75 Å². The van der Waals surface area contributed by atoms with E-state index < -0.39 is 14.3 Å². The van der Waals surface area contributed by atoms with Crippen molar-refractivity contribution in [1.82, 2.24) is 0 Å². The SMILES string of the molecule is CC1(C)CCC(C)(C)c2cc(-c3cc(-c4ccc(C(=O)O)cc4)ccc3OCCCCO[Si](C)(C)C(C)(C)C)ccc21. The van der Waals surface area contributed by atoms with Gasteiger partial charge in [-0.25, -0.2) is 4.79 Å². The Hall–Kier alpha value is -2.89. The second-order valence-corrected chi connectivity index (χ2v) is 19.6. The molecule has 0 spiro atoms. The Bertz CT molecular complexity index is 1410. The molecule has 0 unspecified atom stereocenters. The van der Waals surface area contributed by atoms with Crippen molar-refractivity contribution in [3.8, 4) is 28.0 Å². The Balaban J connectivity index is 1.61. The van der Waals surface area contributed by atoms with Gasteiger partial charge < -0.3 is 14.3 Å². The molecule has 0 radical (unpaired) electrons. The maximum absolute atomic E-state index is 11.4. The van der Waals surface area contributed by atoms with Gasteiger partial charge in [0.05, 0.1) is 12.2 Å². The van der Waals surface area contributed by atoms with E-state index >= 15 is 0 Å². The van der Waals surface area contributed by atoms with E-state index in [2.05, 4.69) is 98.0 Å². The van der Waals surface area contributed by atoms with E-state index in [1.165, 1.54) is 17.5 Å². The molecule has 0 bridgehead atoms. The summed E-state index contributed by atoms with van der Waals surface area (Å²) in [4.78, 5) is 11.4. The zero-order valence-corrected chi connectivity index (χ0v) is 28.2. The van der Waals surface area contributed by atoms with Gasteiger partial charge in [0.2, 0.25) is 0 Å². The van der Waals surface area contributed by atoms with E-state index in [4.69, 9.17) is 9.16 Å². The van der Waals surface area contributed by atoms with Gasteiger partial charge >= 0.3 is 5.97 Å². The van der Waals surface area contributed by atoms with E-state index in [0.717, 1.165) is 53.9 Å². The highest BCUT2D eigenvalue weighted by Gasteiger charge is 2.38. The number of carboxylic acids is 1. The van der Waals surface area contributed by atoms with E-state index in [1.54, 1.807) is 12.1 Å². The first-order chi connectivity index (χ1) is 19.5. The molecule has 1 N–H and O–H groups in total. The molecule has 42 heavy (non-hydrogen) atoms. The zero-order chi connectivity index (χ0) is 30.9. The average Bonchev–Trinajstić information content (AvgIpc) is 2.92. The lowest BCUT2D eigenvalue weighted by atomic mass is 9.63. The smallest absolute Gasteiger partial charge is 0.335 e. The number of unbranched alkanes of at least 4 members (excludes halogenated alkanes) is 1. The molecule has 5 heteroatoms. The number of ether oxygens (including phenoxy) is 1. The molecule has 226 valence electrons. The summed E-state index contributed by atoms with van der Waals surface area (Å²) in [5.74, 6) is -0.0423. The van der Waals surface area contributed by atoms with Crippen LogP contribution in [-0.4, -0.2) is 32.6 Å². The minimum absolute atomic E-state index is 0.107. The first-order valence-corrected chi connectivity index (χ1v) is 18.3. The summed E-state index contributed by atoms with van der Waals surface area (Å²) in [7, 11) is -1.74. The minimum atomic E-state index is -1.74. The van der Waals surface area contributed by atoms with Crippen molar-refractivity contribution in [2.75, 3.05) is 13.2 Å². The second-order valence-electron chi connectivity index (χ2n) is 14.8. The minimum Gasteiger partial charge on any atom is -0.493 e. The van der Waals surface area contributed by atoms with Gasteiger partial charge in [-0.15, -0.1) is 0 Å². The van der Waals surface area contributed by atoms with Gasteiger partial charge in [-0.1, -0.05) is 84.9 Å². The molecule has 0 aromatic heterocycles. The largest absolute Gasteiger partial charge is 0.493 e. The van der Waals surface area contributed by atoms with E-state index in [0.29, 0.717) is 6.61 Å². The van der Waals surface area contributed by atoms with Crippen LogP contribution >= 0.6 is 0 Å². The van der Waals surface area contributed by atoms with Gasteiger partial charge in [0, 0.05) is 12.2 Å². The first-order valence-electron chi connectivity index (χ1n) is 15.4. The molecule has 0 saturated heterocycles. The van der Waals surface area contributed by atoms with Crippen molar-refractivity contribution in [2.45, 2.75) is 103 Å². The lowest BCUT2D eigenvalue weighted by Crippen LogP contribution is -2.41. The molecule has 3 aromatic carbocycles. The van der Waals surface area contributed by atoms with Crippen molar-refractivity contribution in [3.63, 3.8) is 0 Å². The predicted molar refractivity (Wildman–Crippen MR) is 177 cm³/mol. The number of carboxylic acid groups (broad SMARTS) is 1. The Morgan fingerprint density at radius 3 is 1.98 bits per heavy atom. The van der Waals surface area contributed by atoms with Gasteiger partial charge in [0.15, 0.2) is 8.32 Å². The summed E-state index contributed by atoms with van der Waals surface area (Å²) >= 11 is 0. The van der Waals surface area contributed by atoms with Crippen LogP contribution in [-0.2, 0) is 15.3 Å². The third-order valence-corrected chi connectivity index (χ3v) is 14.2. The zero-order valence-electron chi connectivity index (χ0n) is 27.2. The van der Waals surface area contributed by atoms with Crippen molar-refractivity contribution in [3.05, 3.63) is 77.4 Å². The summed E-state index contributed by atoms with van der Waals surface area (Å²) in [5, 5.41) is 9.56.